The van der Waals surface area contributed by atoms with E-state index in [1.54, 1.807) is 0 Å². The normalized spacial score (nSPS) is 10.8. The zero-order chi connectivity index (χ0) is 12.8. The fourth-order valence-corrected chi connectivity index (χ4v) is 2.01. The molecule has 2 rings (SSSR count). The molecule has 0 fully saturated rings. The van der Waals surface area contributed by atoms with Gasteiger partial charge >= 0.3 is 0 Å². The van der Waals surface area contributed by atoms with Crippen LogP contribution in [0.15, 0.2) is 24.9 Å². The predicted molar refractivity (Wildman–Crippen MR) is 72.6 cm³/mol. The zero-order valence-corrected chi connectivity index (χ0v) is 11.1. The molecule has 1 N–H and O–H groups in total. The van der Waals surface area contributed by atoms with Crippen molar-refractivity contribution in [3.8, 4) is 0 Å². The molecule has 0 aromatic carbocycles. The first-order valence-electron chi connectivity index (χ1n) is 6.53. The molecule has 18 heavy (non-hydrogen) atoms. The second kappa shape index (κ2) is 6.23. The molecule has 2 aromatic rings. The molecule has 0 aliphatic carbocycles. The number of nitrogens with one attached hydrogen (secondary N) is 1. The van der Waals surface area contributed by atoms with Crippen molar-refractivity contribution < 1.29 is 0 Å². The first-order chi connectivity index (χ1) is 8.79. The van der Waals surface area contributed by atoms with Gasteiger partial charge in [-0.3, -0.25) is 0 Å². The Morgan fingerprint density at radius 3 is 2.83 bits per heavy atom. The molecule has 0 saturated heterocycles. The fraction of sp³-hybridized carbons (Fsp3) is 0.538. The van der Waals surface area contributed by atoms with Crippen LogP contribution >= 0.6 is 0 Å². The van der Waals surface area contributed by atoms with Crippen LogP contribution in [-0.4, -0.2) is 25.6 Å². The predicted octanol–water partition coefficient (Wildman–Crippen LogP) is 2.30. The minimum Gasteiger partial charge on any atom is -0.356 e. The number of hydrogen-bond acceptors (Lipinski definition) is 3. The Hall–Kier alpha value is -1.78. The highest BCUT2D eigenvalue weighted by atomic mass is 15.2. The number of imidazole rings is 2. The van der Waals surface area contributed by atoms with Crippen molar-refractivity contribution in [2.24, 2.45) is 0 Å². The third kappa shape index (κ3) is 3.35. The van der Waals surface area contributed by atoms with Gasteiger partial charge in [-0.05, 0) is 26.7 Å². The van der Waals surface area contributed by atoms with E-state index in [1.807, 2.05) is 25.6 Å². The summed E-state index contributed by atoms with van der Waals surface area (Å²) in [5, 5.41) is 3.29. The van der Waals surface area contributed by atoms with Gasteiger partial charge in [0.2, 0.25) is 5.95 Å². The second-order valence-corrected chi connectivity index (χ2v) is 4.44. The van der Waals surface area contributed by atoms with Crippen LogP contribution in [0.1, 0.15) is 25.5 Å². The summed E-state index contributed by atoms with van der Waals surface area (Å²) in [4.78, 5) is 8.50. The third-order valence-electron chi connectivity index (χ3n) is 2.86. The van der Waals surface area contributed by atoms with Gasteiger partial charge in [-0.2, -0.15) is 0 Å². The topological polar surface area (TPSA) is 47.7 Å². The van der Waals surface area contributed by atoms with E-state index in [0.717, 1.165) is 44.1 Å². The number of aromatic nitrogens is 4. The zero-order valence-electron chi connectivity index (χ0n) is 11.1. The molecule has 5 heteroatoms. The summed E-state index contributed by atoms with van der Waals surface area (Å²) < 4.78 is 4.32. The molecular formula is C13H21N5. The van der Waals surface area contributed by atoms with Crippen LogP contribution in [0.2, 0.25) is 0 Å². The van der Waals surface area contributed by atoms with E-state index in [0.29, 0.717) is 0 Å². The van der Waals surface area contributed by atoms with Crippen LogP contribution in [0.25, 0.3) is 0 Å². The molecule has 5 nitrogen and oxygen atoms in total. The highest BCUT2D eigenvalue weighted by Gasteiger charge is 2.03. The van der Waals surface area contributed by atoms with Crippen LogP contribution in [0.3, 0.4) is 0 Å². The Morgan fingerprint density at radius 2 is 2.11 bits per heavy atom. The molecule has 0 aliphatic rings. The van der Waals surface area contributed by atoms with Crippen molar-refractivity contribution in [2.45, 2.75) is 39.8 Å². The van der Waals surface area contributed by atoms with Gasteiger partial charge in [0.25, 0.3) is 0 Å². The molecule has 0 atom stereocenters. The van der Waals surface area contributed by atoms with E-state index in [9.17, 15) is 0 Å². The summed E-state index contributed by atoms with van der Waals surface area (Å²) in [7, 11) is 0. The minimum absolute atomic E-state index is 0.908. The summed E-state index contributed by atoms with van der Waals surface area (Å²) in [6.07, 6.45) is 10.1. The van der Waals surface area contributed by atoms with Crippen molar-refractivity contribution in [3.05, 3.63) is 30.6 Å². The van der Waals surface area contributed by atoms with Gasteiger partial charge in [-0.15, -0.1) is 0 Å². The SMILES string of the molecule is CCNc1nc(C)cn1CCCCn1ccnc1. The molecule has 0 bridgehead atoms. The number of nitrogens with zero attached hydrogens (tertiary/aromatic N) is 4. The first kappa shape index (κ1) is 12.7. The standard InChI is InChI=1S/C13H21N5/c1-3-15-13-16-12(2)10-18(13)8-5-4-7-17-9-6-14-11-17/h6,9-11H,3-5,7-8H2,1-2H3,(H,15,16). The van der Waals surface area contributed by atoms with E-state index in [1.165, 1.54) is 0 Å². The number of aryl methyl sites for hydroxylation is 3. The molecule has 2 aromatic heterocycles. The molecule has 0 saturated carbocycles. The van der Waals surface area contributed by atoms with E-state index >= 15 is 0 Å². The first-order valence-corrected chi connectivity index (χ1v) is 6.53. The third-order valence-corrected chi connectivity index (χ3v) is 2.86. The van der Waals surface area contributed by atoms with E-state index in [2.05, 4.69) is 37.5 Å². The lowest BCUT2D eigenvalue weighted by atomic mass is 10.3. The van der Waals surface area contributed by atoms with Crippen LogP contribution in [-0.2, 0) is 13.1 Å². The number of unbranched alkanes of at least 4 members (excludes halogenated alkanes) is 1. The minimum atomic E-state index is 0.908. The molecule has 0 amide bonds. The van der Waals surface area contributed by atoms with Gasteiger partial charge in [0.15, 0.2) is 0 Å². The highest BCUT2D eigenvalue weighted by molar-refractivity contribution is 5.28. The quantitative estimate of drug-likeness (QED) is 0.764. The Bertz CT molecular complexity index is 458. The van der Waals surface area contributed by atoms with Crippen molar-refractivity contribution in [1.29, 1.82) is 0 Å². The second-order valence-electron chi connectivity index (χ2n) is 4.44. The maximum absolute atomic E-state index is 4.47. The van der Waals surface area contributed by atoms with Gasteiger partial charge in [0, 0.05) is 38.2 Å². The van der Waals surface area contributed by atoms with Crippen LogP contribution in [0.5, 0.6) is 0 Å². The molecule has 0 spiro atoms. The Kier molecular flexibility index (Phi) is 4.39. The summed E-state index contributed by atoms with van der Waals surface area (Å²) in [6.45, 7) is 7.07. The summed E-state index contributed by atoms with van der Waals surface area (Å²) in [5.74, 6) is 0.984. The Balaban J connectivity index is 1.79. The molecule has 0 aliphatic heterocycles. The number of rotatable bonds is 7. The highest BCUT2D eigenvalue weighted by Crippen LogP contribution is 2.10. The average Bonchev–Trinajstić information content (AvgIpc) is 2.96. The van der Waals surface area contributed by atoms with Crippen molar-refractivity contribution >= 4 is 5.95 Å². The smallest absolute Gasteiger partial charge is 0.203 e. The van der Waals surface area contributed by atoms with Crippen LogP contribution in [0, 0.1) is 6.92 Å². The lowest BCUT2D eigenvalue weighted by Gasteiger charge is -2.08. The molecular weight excluding hydrogens is 226 g/mol. The molecule has 0 unspecified atom stereocenters. The van der Waals surface area contributed by atoms with Crippen molar-refractivity contribution in [2.75, 3.05) is 11.9 Å². The lowest BCUT2D eigenvalue weighted by molar-refractivity contribution is 0.555. The van der Waals surface area contributed by atoms with Gasteiger partial charge in [0.1, 0.15) is 0 Å². The van der Waals surface area contributed by atoms with Crippen LogP contribution < -0.4 is 5.32 Å². The van der Waals surface area contributed by atoms with Crippen molar-refractivity contribution in [3.63, 3.8) is 0 Å². The van der Waals surface area contributed by atoms with E-state index in [-0.39, 0.29) is 0 Å². The van der Waals surface area contributed by atoms with Crippen molar-refractivity contribution in [1.82, 2.24) is 19.1 Å². The maximum Gasteiger partial charge on any atom is 0.203 e. The molecule has 2 heterocycles. The fourth-order valence-electron chi connectivity index (χ4n) is 2.01. The summed E-state index contributed by atoms with van der Waals surface area (Å²) >= 11 is 0. The van der Waals surface area contributed by atoms with Gasteiger partial charge in [-0.1, -0.05) is 0 Å². The van der Waals surface area contributed by atoms with Gasteiger partial charge in [0.05, 0.1) is 12.0 Å². The number of hydrogen-bond donors (Lipinski definition) is 1. The van der Waals surface area contributed by atoms with Gasteiger partial charge in [-0.25, -0.2) is 9.97 Å². The lowest BCUT2D eigenvalue weighted by Crippen LogP contribution is -2.07. The van der Waals surface area contributed by atoms with E-state index < -0.39 is 0 Å². The molecule has 0 radical (unpaired) electrons. The maximum atomic E-state index is 4.47. The van der Waals surface area contributed by atoms with E-state index in [4.69, 9.17) is 0 Å². The van der Waals surface area contributed by atoms with Crippen LogP contribution in [0.4, 0.5) is 5.95 Å². The summed E-state index contributed by atoms with van der Waals surface area (Å²) in [5.41, 5.74) is 1.07. The average molecular weight is 247 g/mol. The monoisotopic (exact) mass is 247 g/mol. The largest absolute Gasteiger partial charge is 0.356 e. The number of anilines is 1. The molecule has 98 valence electrons. The summed E-state index contributed by atoms with van der Waals surface area (Å²) in [6, 6.07) is 0. The Morgan fingerprint density at radius 1 is 1.28 bits per heavy atom. The van der Waals surface area contributed by atoms with Gasteiger partial charge < -0.3 is 14.5 Å². The Labute approximate surface area is 108 Å².